The molecule has 0 bridgehead atoms. The summed E-state index contributed by atoms with van der Waals surface area (Å²) in [6.45, 7) is 0.615. The van der Waals surface area contributed by atoms with Crippen molar-refractivity contribution < 1.29 is 19.4 Å². The number of carboxylic acid groups (broad SMARTS) is 1. The Kier molecular flexibility index (Phi) is 7.08. The highest BCUT2D eigenvalue weighted by molar-refractivity contribution is 5.70. The minimum atomic E-state index is -0.872. The Morgan fingerprint density at radius 1 is 1.04 bits per heavy atom. The molecule has 0 heterocycles. The molecule has 0 saturated heterocycles. The van der Waals surface area contributed by atoms with E-state index in [4.69, 9.17) is 9.84 Å². The van der Waals surface area contributed by atoms with Crippen molar-refractivity contribution in [2.24, 2.45) is 0 Å². The van der Waals surface area contributed by atoms with Crippen LogP contribution in [0, 0.1) is 11.8 Å². The Morgan fingerprint density at radius 3 is 2.56 bits per heavy atom. The maximum Gasteiger partial charge on any atom is 0.407 e. The smallest absolute Gasteiger partial charge is 0.407 e. The van der Waals surface area contributed by atoms with Crippen LogP contribution in [0.25, 0.3) is 0 Å². The van der Waals surface area contributed by atoms with Crippen LogP contribution in [0.15, 0.2) is 54.6 Å². The van der Waals surface area contributed by atoms with Gasteiger partial charge in [-0.05, 0) is 23.3 Å². The van der Waals surface area contributed by atoms with E-state index in [2.05, 4.69) is 17.2 Å². The average Bonchev–Trinajstić information content (AvgIpc) is 2.60. The van der Waals surface area contributed by atoms with E-state index in [0.29, 0.717) is 18.5 Å². The second-order valence-electron chi connectivity index (χ2n) is 5.31. The molecule has 2 N–H and O–H groups in total. The first-order chi connectivity index (χ1) is 12.1. The van der Waals surface area contributed by atoms with Gasteiger partial charge in [0.05, 0.1) is 6.42 Å². The zero-order chi connectivity index (χ0) is 17.9. The summed E-state index contributed by atoms with van der Waals surface area (Å²) in [5, 5.41) is 11.4. The molecule has 1 amide bonds. The third-order valence-electron chi connectivity index (χ3n) is 3.25. The van der Waals surface area contributed by atoms with Gasteiger partial charge >= 0.3 is 12.1 Å². The second kappa shape index (κ2) is 9.78. The molecule has 0 fully saturated rings. The molecular weight excluding hydrogens is 318 g/mol. The highest BCUT2D eigenvalue weighted by Gasteiger charge is 2.01. The fraction of sp³-hybridized carbons (Fsp3) is 0.200. The summed E-state index contributed by atoms with van der Waals surface area (Å²) in [5.74, 6) is 5.03. The first-order valence-electron chi connectivity index (χ1n) is 7.87. The zero-order valence-electron chi connectivity index (χ0n) is 13.7. The minimum Gasteiger partial charge on any atom is -0.481 e. The standard InChI is InChI=1S/C20H19NO4/c22-19(23)14-18-11-6-10-16(13-18)7-4-5-12-21-20(24)25-15-17-8-2-1-3-9-17/h1-3,6,8-11,13H,5,12,14-15H2,(H,21,24)(H,22,23). The van der Waals surface area contributed by atoms with Crippen LogP contribution < -0.4 is 5.32 Å². The Hall–Kier alpha value is -3.26. The van der Waals surface area contributed by atoms with Crippen molar-refractivity contribution >= 4 is 12.1 Å². The third-order valence-corrected chi connectivity index (χ3v) is 3.25. The predicted octanol–water partition coefficient (Wildman–Crippen LogP) is 2.98. The minimum absolute atomic E-state index is 0.0235. The molecule has 0 unspecified atom stereocenters. The normalized spacial score (nSPS) is 9.60. The Balaban J connectivity index is 1.70. The van der Waals surface area contributed by atoms with Crippen LogP contribution >= 0.6 is 0 Å². The van der Waals surface area contributed by atoms with Crippen molar-refractivity contribution in [1.29, 1.82) is 0 Å². The molecular formula is C20H19NO4. The molecule has 0 aliphatic heterocycles. The summed E-state index contributed by atoms with van der Waals surface area (Å²) in [6, 6.07) is 16.6. The molecule has 0 saturated carbocycles. The topological polar surface area (TPSA) is 75.6 Å². The first-order valence-corrected chi connectivity index (χ1v) is 7.87. The van der Waals surface area contributed by atoms with Crippen LogP contribution in [-0.4, -0.2) is 23.7 Å². The van der Waals surface area contributed by atoms with Crippen molar-refractivity contribution in [1.82, 2.24) is 5.32 Å². The van der Waals surface area contributed by atoms with Gasteiger partial charge in [-0.1, -0.05) is 54.3 Å². The molecule has 2 aromatic rings. The highest BCUT2D eigenvalue weighted by Crippen LogP contribution is 2.05. The summed E-state index contributed by atoms with van der Waals surface area (Å²) < 4.78 is 5.09. The number of ether oxygens (including phenoxy) is 1. The van der Waals surface area contributed by atoms with Gasteiger partial charge in [-0.15, -0.1) is 0 Å². The number of rotatable bonds is 6. The molecule has 5 nitrogen and oxygen atoms in total. The lowest BCUT2D eigenvalue weighted by Gasteiger charge is -2.05. The summed E-state index contributed by atoms with van der Waals surface area (Å²) in [6.07, 6.45) is -0.0254. The van der Waals surface area contributed by atoms with Crippen LogP contribution in [0.2, 0.25) is 0 Å². The van der Waals surface area contributed by atoms with Crippen molar-refractivity contribution in [2.45, 2.75) is 19.4 Å². The Labute approximate surface area is 146 Å². The van der Waals surface area contributed by atoms with Crippen LogP contribution in [0.4, 0.5) is 4.79 Å². The van der Waals surface area contributed by atoms with Crippen LogP contribution in [0.5, 0.6) is 0 Å². The maximum atomic E-state index is 11.6. The maximum absolute atomic E-state index is 11.6. The van der Waals surface area contributed by atoms with Gasteiger partial charge < -0.3 is 15.2 Å². The molecule has 2 aromatic carbocycles. The van der Waals surface area contributed by atoms with E-state index in [0.717, 1.165) is 11.1 Å². The number of carbonyl (C=O) groups is 2. The molecule has 0 aliphatic rings. The first kappa shape index (κ1) is 18.1. The van der Waals surface area contributed by atoms with Gasteiger partial charge in [0, 0.05) is 18.5 Å². The summed E-state index contributed by atoms with van der Waals surface area (Å²) in [7, 11) is 0. The van der Waals surface area contributed by atoms with E-state index < -0.39 is 12.1 Å². The van der Waals surface area contributed by atoms with E-state index >= 15 is 0 Å². The number of aliphatic carboxylic acids is 1. The summed E-state index contributed by atoms with van der Waals surface area (Å²) >= 11 is 0. The molecule has 128 valence electrons. The number of benzene rings is 2. The van der Waals surface area contributed by atoms with Gasteiger partial charge in [-0.3, -0.25) is 4.79 Å². The van der Waals surface area contributed by atoms with E-state index in [1.165, 1.54) is 0 Å². The molecule has 0 atom stereocenters. The van der Waals surface area contributed by atoms with E-state index in [1.54, 1.807) is 18.2 Å². The molecule has 0 aliphatic carbocycles. The number of carboxylic acids is 1. The van der Waals surface area contributed by atoms with Gasteiger partial charge in [0.25, 0.3) is 0 Å². The van der Waals surface area contributed by atoms with Crippen molar-refractivity contribution in [3.8, 4) is 11.8 Å². The van der Waals surface area contributed by atoms with Crippen molar-refractivity contribution in [3.63, 3.8) is 0 Å². The number of hydrogen-bond acceptors (Lipinski definition) is 3. The quantitative estimate of drug-likeness (QED) is 0.628. The summed E-state index contributed by atoms with van der Waals surface area (Å²) in [5.41, 5.74) is 2.39. The number of hydrogen-bond donors (Lipinski definition) is 2. The SMILES string of the molecule is O=C(O)Cc1cccc(C#CCCNC(=O)OCc2ccccc2)c1. The number of alkyl carbamates (subject to hydrolysis) is 1. The van der Waals surface area contributed by atoms with Crippen molar-refractivity contribution in [2.75, 3.05) is 6.54 Å². The molecule has 25 heavy (non-hydrogen) atoms. The molecule has 0 radical (unpaired) electrons. The number of amides is 1. The van der Waals surface area contributed by atoms with Gasteiger partial charge in [-0.2, -0.15) is 0 Å². The van der Waals surface area contributed by atoms with Crippen molar-refractivity contribution in [3.05, 3.63) is 71.3 Å². The largest absolute Gasteiger partial charge is 0.481 e. The third kappa shape index (κ3) is 7.23. The van der Waals surface area contributed by atoms with Gasteiger partial charge in [0.15, 0.2) is 0 Å². The van der Waals surface area contributed by atoms with E-state index in [1.807, 2.05) is 36.4 Å². The molecule has 5 heteroatoms. The van der Waals surface area contributed by atoms with Gasteiger partial charge in [0.2, 0.25) is 0 Å². The van der Waals surface area contributed by atoms with Crippen LogP contribution in [-0.2, 0) is 22.6 Å². The molecule has 2 rings (SSSR count). The lowest BCUT2D eigenvalue weighted by molar-refractivity contribution is -0.136. The average molecular weight is 337 g/mol. The lowest BCUT2D eigenvalue weighted by Crippen LogP contribution is -2.24. The summed E-state index contributed by atoms with van der Waals surface area (Å²) in [4.78, 5) is 22.3. The second-order valence-corrected chi connectivity index (χ2v) is 5.31. The fourth-order valence-corrected chi connectivity index (χ4v) is 2.10. The van der Waals surface area contributed by atoms with Gasteiger partial charge in [0.1, 0.15) is 6.61 Å². The predicted molar refractivity (Wildman–Crippen MR) is 93.9 cm³/mol. The highest BCUT2D eigenvalue weighted by atomic mass is 16.5. The van der Waals surface area contributed by atoms with E-state index in [-0.39, 0.29) is 13.0 Å². The number of nitrogens with one attached hydrogen (secondary N) is 1. The monoisotopic (exact) mass is 337 g/mol. The molecule has 0 aromatic heterocycles. The number of carbonyl (C=O) groups excluding carboxylic acids is 1. The molecule has 0 spiro atoms. The van der Waals surface area contributed by atoms with E-state index in [9.17, 15) is 9.59 Å². The fourth-order valence-electron chi connectivity index (χ4n) is 2.10. The van der Waals surface area contributed by atoms with Crippen LogP contribution in [0.3, 0.4) is 0 Å². The Bertz CT molecular complexity index is 775. The van der Waals surface area contributed by atoms with Gasteiger partial charge in [-0.25, -0.2) is 4.79 Å². The lowest BCUT2D eigenvalue weighted by atomic mass is 10.1. The Morgan fingerprint density at radius 2 is 1.80 bits per heavy atom. The zero-order valence-corrected chi connectivity index (χ0v) is 13.7. The van der Waals surface area contributed by atoms with Crippen LogP contribution in [0.1, 0.15) is 23.1 Å².